The monoisotopic (exact) mass is 251 g/mol. The molecular weight excluding hydrogens is 234 g/mol. The van der Waals surface area contributed by atoms with Gasteiger partial charge in [-0.2, -0.15) is 0 Å². The van der Waals surface area contributed by atoms with Crippen molar-refractivity contribution in [2.45, 2.75) is 44.1 Å². The van der Waals surface area contributed by atoms with Gasteiger partial charge in [-0.15, -0.1) is 10.2 Å². The molecule has 2 unspecified atom stereocenters. The summed E-state index contributed by atoms with van der Waals surface area (Å²) in [5.74, 6) is 0.511. The van der Waals surface area contributed by atoms with Crippen LogP contribution < -0.4 is 0 Å². The van der Waals surface area contributed by atoms with Gasteiger partial charge in [0.1, 0.15) is 17.6 Å². The summed E-state index contributed by atoms with van der Waals surface area (Å²) < 4.78 is 7.48. The normalized spacial score (nSPS) is 27.8. The number of aliphatic carboxylic acids is 1. The fourth-order valence-corrected chi connectivity index (χ4v) is 2.88. The summed E-state index contributed by atoms with van der Waals surface area (Å²) in [6, 6.07) is 0. The van der Waals surface area contributed by atoms with Gasteiger partial charge in [0.15, 0.2) is 0 Å². The highest BCUT2D eigenvalue weighted by atomic mass is 16.5. The Morgan fingerprint density at radius 3 is 2.83 bits per heavy atom. The fraction of sp³-hybridized carbons (Fsp3) is 0.750. The van der Waals surface area contributed by atoms with Crippen LogP contribution in [-0.4, -0.2) is 39.1 Å². The molecule has 0 aliphatic carbocycles. The van der Waals surface area contributed by atoms with Crippen LogP contribution in [0.3, 0.4) is 0 Å². The third kappa shape index (κ3) is 1.90. The Bertz CT molecular complexity index is 451. The number of carboxylic acid groups (broad SMARTS) is 1. The van der Waals surface area contributed by atoms with Crippen LogP contribution in [-0.2, 0) is 16.1 Å². The van der Waals surface area contributed by atoms with Gasteiger partial charge in [0, 0.05) is 19.1 Å². The van der Waals surface area contributed by atoms with Crippen molar-refractivity contribution in [3.63, 3.8) is 0 Å². The third-order valence-corrected chi connectivity index (χ3v) is 3.82. The molecule has 6 nitrogen and oxygen atoms in total. The Hall–Kier alpha value is -1.43. The lowest BCUT2D eigenvalue weighted by atomic mass is 9.97. The quantitative estimate of drug-likeness (QED) is 0.852. The van der Waals surface area contributed by atoms with Crippen molar-refractivity contribution in [1.82, 2.24) is 14.8 Å². The first-order valence-corrected chi connectivity index (χ1v) is 6.51. The SMILES string of the molecule is O=C(O)C1CCCn2c(C3CCCOC3)nnc21. The molecule has 18 heavy (non-hydrogen) atoms. The molecule has 0 spiro atoms. The average molecular weight is 251 g/mol. The molecule has 98 valence electrons. The zero-order chi connectivity index (χ0) is 12.5. The number of hydrogen-bond acceptors (Lipinski definition) is 4. The van der Waals surface area contributed by atoms with E-state index in [4.69, 9.17) is 4.74 Å². The minimum Gasteiger partial charge on any atom is -0.481 e. The number of nitrogens with zero attached hydrogens (tertiary/aromatic N) is 3. The summed E-state index contributed by atoms with van der Waals surface area (Å²) in [6.07, 6.45) is 3.63. The lowest BCUT2D eigenvalue weighted by Crippen LogP contribution is -2.25. The standard InChI is InChI=1S/C12H17N3O3/c16-12(17)9-4-1-5-15-10(13-14-11(9)15)8-3-2-6-18-7-8/h8-9H,1-7H2,(H,16,17). The number of hydrogen-bond donors (Lipinski definition) is 1. The minimum atomic E-state index is -0.796. The van der Waals surface area contributed by atoms with Crippen molar-refractivity contribution in [3.05, 3.63) is 11.6 Å². The summed E-state index contributed by atoms with van der Waals surface area (Å²) in [4.78, 5) is 11.2. The van der Waals surface area contributed by atoms with Crippen molar-refractivity contribution in [3.8, 4) is 0 Å². The number of ether oxygens (including phenoxy) is 1. The number of rotatable bonds is 2. The minimum absolute atomic E-state index is 0.271. The van der Waals surface area contributed by atoms with E-state index in [1.54, 1.807) is 0 Å². The topological polar surface area (TPSA) is 77.2 Å². The van der Waals surface area contributed by atoms with Crippen LogP contribution in [0.25, 0.3) is 0 Å². The maximum atomic E-state index is 11.2. The van der Waals surface area contributed by atoms with Gasteiger partial charge in [0.25, 0.3) is 0 Å². The molecule has 0 radical (unpaired) electrons. The first kappa shape index (κ1) is 11.6. The number of fused-ring (bicyclic) bond motifs is 1. The highest BCUT2D eigenvalue weighted by molar-refractivity contribution is 5.75. The molecule has 0 bridgehead atoms. The van der Waals surface area contributed by atoms with E-state index in [0.29, 0.717) is 18.9 Å². The lowest BCUT2D eigenvalue weighted by Gasteiger charge is -2.25. The Kier molecular flexibility index (Phi) is 3.03. The van der Waals surface area contributed by atoms with Crippen LogP contribution >= 0.6 is 0 Å². The van der Waals surface area contributed by atoms with E-state index in [1.165, 1.54) is 0 Å². The van der Waals surface area contributed by atoms with E-state index in [9.17, 15) is 9.90 Å². The third-order valence-electron chi connectivity index (χ3n) is 3.82. The molecule has 2 aliphatic rings. The van der Waals surface area contributed by atoms with Crippen LogP contribution in [0.2, 0.25) is 0 Å². The summed E-state index contributed by atoms with van der Waals surface area (Å²) >= 11 is 0. The largest absolute Gasteiger partial charge is 0.481 e. The second-order valence-corrected chi connectivity index (χ2v) is 5.02. The predicted molar refractivity (Wildman–Crippen MR) is 62.4 cm³/mol. The highest BCUT2D eigenvalue weighted by Crippen LogP contribution is 2.31. The van der Waals surface area contributed by atoms with Gasteiger partial charge in [-0.05, 0) is 25.7 Å². The van der Waals surface area contributed by atoms with Crippen molar-refractivity contribution >= 4 is 5.97 Å². The van der Waals surface area contributed by atoms with Crippen LogP contribution in [0.5, 0.6) is 0 Å². The average Bonchev–Trinajstić information content (AvgIpc) is 2.83. The zero-order valence-electron chi connectivity index (χ0n) is 10.2. The molecule has 1 fully saturated rings. The molecule has 3 rings (SSSR count). The van der Waals surface area contributed by atoms with E-state index < -0.39 is 11.9 Å². The number of carbonyl (C=O) groups is 1. The van der Waals surface area contributed by atoms with E-state index in [2.05, 4.69) is 10.2 Å². The zero-order valence-corrected chi connectivity index (χ0v) is 10.2. The second-order valence-electron chi connectivity index (χ2n) is 5.02. The van der Waals surface area contributed by atoms with E-state index >= 15 is 0 Å². The molecule has 3 heterocycles. The summed E-state index contributed by atoms with van der Waals surface area (Å²) in [5.41, 5.74) is 0. The molecule has 0 saturated carbocycles. The fourth-order valence-electron chi connectivity index (χ4n) is 2.88. The Balaban J connectivity index is 1.91. The molecule has 1 aromatic rings. The molecule has 1 aromatic heterocycles. The summed E-state index contributed by atoms with van der Waals surface area (Å²) in [5, 5.41) is 17.5. The molecular formula is C12H17N3O3. The van der Waals surface area contributed by atoms with Gasteiger partial charge >= 0.3 is 5.97 Å². The van der Waals surface area contributed by atoms with Crippen molar-refractivity contribution < 1.29 is 14.6 Å². The van der Waals surface area contributed by atoms with Gasteiger partial charge in [-0.25, -0.2) is 0 Å². The van der Waals surface area contributed by atoms with Crippen LogP contribution in [0.15, 0.2) is 0 Å². The molecule has 0 amide bonds. The Morgan fingerprint density at radius 1 is 1.28 bits per heavy atom. The number of carboxylic acids is 1. The van der Waals surface area contributed by atoms with Gasteiger partial charge in [-0.3, -0.25) is 4.79 Å². The molecule has 1 N–H and O–H groups in total. The summed E-state index contributed by atoms with van der Waals surface area (Å²) in [6.45, 7) is 2.32. The van der Waals surface area contributed by atoms with Crippen molar-refractivity contribution in [2.75, 3.05) is 13.2 Å². The first-order valence-electron chi connectivity index (χ1n) is 6.51. The van der Waals surface area contributed by atoms with Crippen LogP contribution in [0.1, 0.15) is 49.2 Å². The van der Waals surface area contributed by atoms with Gasteiger partial charge in [0.2, 0.25) is 0 Å². The van der Waals surface area contributed by atoms with E-state index in [1.807, 2.05) is 4.57 Å². The maximum absolute atomic E-state index is 11.2. The van der Waals surface area contributed by atoms with Crippen molar-refractivity contribution in [1.29, 1.82) is 0 Å². The van der Waals surface area contributed by atoms with Crippen LogP contribution in [0.4, 0.5) is 0 Å². The van der Waals surface area contributed by atoms with E-state index in [0.717, 1.165) is 38.2 Å². The predicted octanol–water partition coefficient (Wildman–Crippen LogP) is 1.13. The molecule has 2 aliphatic heterocycles. The Morgan fingerprint density at radius 2 is 2.11 bits per heavy atom. The Labute approximate surface area is 105 Å². The highest BCUT2D eigenvalue weighted by Gasteiger charge is 2.32. The number of aromatic nitrogens is 3. The molecule has 0 aromatic carbocycles. The molecule has 6 heteroatoms. The first-order chi connectivity index (χ1) is 8.77. The summed E-state index contributed by atoms with van der Waals surface area (Å²) in [7, 11) is 0. The lowest BCUT2D eigenvalue weighted by molar-refractivity contribution is -0.139. The molecule has 1 saturated heterocycles. The van der Waals surface area contributed by atoms with Gasteiger partial charge in [0.05, 0.1) is 6.61 Å². The van der Waals surface area contributed by atoms with E-state index in [-0.39, 0.29) is 5.92 Å². The van der Waals surface area contributed by atoms with Gasteiger partial charge in [-0.1, -0.05) is 0 Å². The molecule has 2 atom stereocenters. The maximum Gasteiger partial charge on any atom is 0.314 e. The second kappa shape index (κ2) is 4.68. The van der Waals surface area contributed by atoms with Crippen LogP contribution in [0, 0.1) is 0 Å². The smallest absolute Gasteiger partial charge is 0.314 e. The van der Waals surface area contributed by atoms with Crippen molar-refractivity contribution in [2.24, 2.45) is 0 Å². The van der Waals surface area contributed by atoms with Gasteiger partial charge < -0.3 is 14.4 Å².